The molecule has 0 spiro atoms. The normalized spacial score (nSPS) is 12.6. The molecule has 20 heavy (non-hydrogen) atoms. The van der Waals surface area contributed by atoms with Gasteiger partial charge in [0.15, 0.2) is 0 Å². The van der Waals surface area contributed by atoms with Gasteiger partial charge in [-0.25, -0.2) is 0 Å². The van der Waals surface area contributed by atoms with Crippen molar-refractivity contribution in [1.82, 2.24) is 5.32 Å². The summed E-state index contributed by atoms with van der Waals surface area (Å²) in [5.74, 6) is 0.966. The van der Waals surface area contributed by atoms with Gasteiger partial charge < -0.3 is 9.73 Å². The molecule has 0 aliphatic rings. The minimum Gasteiger partial charge on any atom is -0.469 e. The molecule has 0 aliphatic carbocycles. The van der Waals surface area contributed by atoms with Crippen molar-refractivity contribution in [2.24, 2.45) is 0 Å². The molecule has 1 heterocycles. The molecule has 2 heteroatoms. The van der Waals surface area contributed by atoms with E-state index in [-0.39, 0.29) is 6.04 Å². The van der Waals surface area contributed by atoms with E-state index >= 15 is 0 Å². The van der Waals surface area contributed by atoms with Crippen LogP contribution in [0.3, 0.4) is 0 Å². The summed E-state index contributed by atoms with van der Waals surface area (Å²) in [4.78, 5) is 0. The van der Waals surface area contributed by atoms with Crippen molar-refractivity contribution in [2.45, 2.75) is 46.1 Å². The Morgan fingerprint density at radius 1 is 1.10 bits per heavy atom. The lowest BCUT2D eigenvalue weighted by Gasteiger charge is -2.18. The van der Waals surface area contributed by atoms with Gasteiger partial charge in [0.25, 0.3) is 0 Å². The molecule has 1 aromatic heterocycles. The predicted octanol–water partition coefficient (Wildman–Crippen LogP) is 4.63. The molecule has 2 nitrogen and oxygen atoms in total. The highest BCUT2D eigenvalue weighted by atomic mass is 16.3. The summed E-state index contributed by atoms with van der Waals surface area (Å²) >= 11 is 0. The Morgan fingerprint density at radius 2 is 1.95 bits per heavy atom. The monoisotopic (exact) mass is 271 g/mol. The van der Waals surface area contributed by atoms with Gasteiger partial charge in [-0.05, 0) is 43.5 Å². The zero-order valence-corrected chi connectivity index (χ0v) is 12.8. The molecule has 0 saturated carbocycles. The van der Waals surface area contributed by atoms with E-state index in [1.165, 1.54) is 23.1 Å². The van der Waals surface area contributed by atoms with Crippen LogP contribution in [0.5, 0.6) is 0 Å². The first-order valence-electron chi connectivity index (χ1n) is 7.61. The van der Waals surface area contributed by atoms with Gasteiger partial charge >= 0.3 is 0 Å². The van der Waals surface area contributed by atoms with Crippen LogP contribution < -0.4 is 5.32 Å². The average Bonchev–Trinajstić information content (AvgIpc) is 2.87. The lowest BCUT2D eigenvalue weighted by atomic mass is 9.97. The maximum Gasteiger partial charge on any atom is 0.101 e. The summed E-state index contributed by atoms with van der Waals surface area (Å²) in [7, 11) is 0. The number of furan rings is 1. The van der Waals surface area contributed by atoms with Crippen molar-refractivity contribution in [3.63, 3.8) is 0 Å². The number of nitrogens with one attached hydrogen (secondary N) is 1. The molecule has 0 aliphatic heterocycles. The van der Waals surface area contributed by atoms with Crippen LogP contribution in [0.4, 0.5) is 0 Å². The third-order valence-electron chi connectivity index (χ3n) is 3.51. The predicted molar refractivity (Wildman–Crippen MR) is 84.0 cm³/mol. The average molecular weight is 271 g/mol. The fourth-order valence-corrected chi connectivity index (χ4v) is 2.55. The van der Waals surface area contributed by atoms with E-state index in [4.69, 9.17) is 4.42 Å². The topological polar surface area (TPSA) is 25.2 Å². The molecule has 1 aromatic carbocycles. The van der Waals surface area contributed by atoms with Crippen molar-refractivity contribution in [1.29, 1.82) is 0 Å². The fourth-order valence-electron chi connectivity index (χ4n) is 2.55. The summed E-state index contributed by atoms with van der Waals surface area (Å²) in [6, 6.07) is 11.2. The summed E-state index contributed by atoms with van der Waals surface area (Å²) in [5.41, 5.74) is 3.95. The molecule has 0 amide bonds. The molecule has 0 radical (unpaired) electrons. The Labute approximate surface area is 122 Å². The minimum absolute atomic E-state index is 0.226. The van der Waals surface area contributed by atoms with Gasteiger partial charge in [-0.1, -0.05) is 44.5 Å². The lowest BCUT2D eigenvalue weighted by molar-refractivity contribution is 0.523. The lowest BCUT2D eigenvalue weighted by Crippen LogP contribution is -2.22. The Hall–Kier alpha value is -1.54. The van der Waals surface area contributed by atoms with Crippen LogP contribution in [-0.2, 0) is 6.42 Å². The first-order chi connectivity index (χ1) is 9.74. The Kier molecular flexibility index (Phi) is 5.42. The Morgan fingerprint density at radius 3 is 2.60 bits per heavy atom. The zero-order chi connectivity index (χ0) is 14.4. The van der Waals surface area contributed by atoms with Crippen LogP contribution in [0.1, 0.15) is 55.2 Å². The van der Waals surface area contributed by atoms with Gasteiger partial charge in [0.2, 0.25) is 0 Å². The fraction of sp³-hybridized carbons (Fsp3) is 0.444. The van der Waals surface area contributed by atoms with Crippen molar-refractivity contribution in [2.75, 3.05) is 6.54 Å². The van der Waals surface area contributed by atoms with E-state index < -0.39 is 0 Å². The number of benzene rings is 1. The second-order valence-electron chi connectivity index (χ2n) is 5.37. The maximum absolute atomic E-state index is 5.48. The summed E-state index contributed by atoms with van der Waals surface area (Å²) in [6.07, 6.45) is 5.32. The second-order valence-corrected chi connectivity index (χ2v) is 5.37. The standard InChI is InChI=1S/C18H25NO/c1-4-7-15-8-6-9-16(12-15)18(19-10-5-2)17-11-14(3)20-13-17/h6,8-9,11-13,18-19H,4-5,7,10H2,1-3H3. The molecule has 1 unspecified atom stereocenters. The largest absolute Gasteiger partial charge is 0.469 e. The first-order valence-corrected chi connectivity index (χ1v) is 7.61. The second kappa shape index (κ2) is 7.30. The summed E-state index contributed by atoms with van der Waals surface area (Å²) in [5, 5.41) is 3.62. The van der Waals surface area contributed by atoms with Crippen LogP contribution in [0, 0.1) is 6.92 Å². The summed E-state index contributed by atoms with van der Waals surface area (Å²) in [6.45, 7) is 7.41. The zero-order valence-electron chi connectivity index (χ0n) is 12.8. The van der Waals surface area contributed by atoms with Crippen molar-refractivity contribution >= 4 is 0 Å². The SMILES string of the molecule is CCCNC(c1cccc(CCC)c1)c1coc(C)c1. The Balaban J connectivity index is 2.28. The molecule has 2 aromatic rings. The number of hydrogen-bond donors (Lipinski definition) is 1. The molecule has 0 saturated heterocycles. The van der Waals surface area contributed by atoms with Gasteiger partial charge in [-0.15, -0.1) is 0 Å². The van der Waals surface area contributed by atoms with E-state index in [9.17, 15) is 0 Å². The molecule has 108 valence electrons. The molecule has 2 rings (SSSR count). The highest BCUT2D eigenvalue weighted by Gasteiger charge is 2.15. The van der Waals surface area contributed by atoms with E-state index in [0.717, 1.165) is 25.1 Å². The molecular weight excluding hydrogens is 246 g/mol. The van der Waals surface area contributed by atoms with Gasteiger partial charge in [-0.2, -0.15) is 0 Å². The highest BCUT2D eigenvalue weighted by molar-refractivity contribution is 5.33. The van der Waals surface area contributed by atoms with E-state index in [1.807, 2.05) is 13.2 Å². The van der Waals surface area contributed by atoms with Crippen LogP contribution in [0.2, 0.25) is 0 Å². The molecule has 0 bridgehead atoms. The highest BCUT2D eigenvalue weighted by Crippen LogP contribution is 2.25. The molecular formula is C18H25NO. The van der Waals surface area contributed by atoms with E-state index in [0.29, 0.717) is 0 Å². The number of rotatable bonds is 7. The van der Waals surface area contributed by atoms with Crippen molar-refractivity contribution in [3.05, 3.63) is 59.0 Å². The third kappa shape index (κ3) is 3.73. The minimum atomic E-state index is 0.226. The van der Waals surface area contributed by atoms with Gasteiger partial charge in [-0.3, -0.25) is 0 Å². The molecule has 1 atom stereocenters. The molecule has 0 fully saturated rings. The third-order valence-corrected chi connectivity index (χ3v) is 3.51. The number of hydrogen-bond acceptors (Lipinski definition) is 2. The summed E-state index contributed by atoms with van der Waals surface area (Å²) < 4.78 is 5.48. The van der Waals surface area contributed by atoms with E-state index in [2.05, 4.69) is 49.5 Å². The van der Waals surface area contributed by atoms with Gasteiger partial charge in [0.1, 0.15) is 5.76 Å². The quantitative estimate of drug-likeness (QED) is 0.794. The molecule has 1 N–H and O–H groups in total. The van der Waals surface area contributed by atoms with Crippen LogP contribution in [-0.4, -0.2) is 6.54 Å². The van der Waals surface area contributed by atoms with Crippen molar-refractivity contribution in [3.8, 4) is 0 Å². The van der Waals surface area contributed by atoms with Gasteiger partial charge in [0, 0.05) is 5.56 Å². The number of aryl methyl sites for hydroxylation is 2. The van der Waals surface area contributed by atoms with Gasteiger partial charge in [0.05, 0.1) is 12.3 Å². The van der Waals surface area contributed by atoms with Crippen LogP contribution in [0.15, 0.2) is 41.0 Å². The smallest absolute Gasteiger partial charge is 0.101 e. The van der Waals surface area contributed by atoms with Crippen molar-refractivity contribution < 1.29 is 4.42 Å². The first kappa shape index (κ1) is 14.9. The van der Waals surface area contributed by atoms with Crippen LogP contribution in [0.25, 0.3) is 0 Å². The maximum atomic E-state index is 5.48. The van der Waals surface area contributed by atoms with Crippen LogP contribution >= 0.6 is 0 Å². The van der Waals surface area contributed by atoms with E-state index in [1.54, 1.807) is 0 Å². The Bertz CT molecular complexity index is 530.